The molecule has 114 valence electrons. The number of allylic oxidation sites excluding steroid dienone is 1. The smallest absolute Gasteiger partial charge is 0.0543 e. The van der Waals surface area contributed by atoms with E-state index in [0.717, 1.165) is 19.3 Å². The minimum Gasteiger partial charge on any atom is -0.393 e. The van der Waals surface area contributed by atoms with Crippen LogP contribution in [0.4, 0.5) is 0 Å². The third kappa shape index (κ3) is 15.6. The molecule has 0 heterocycles. The fourth-order valence-corrected chi connectivity index (χ4v) is 2.50. The Balaban J connectivity index is 3.04. The third-order valence-electron chi connectivity index (χ3n) is 3.84. The van der Waals surface area contributed by atoms with Crippen LogP contribution in [0.15, 0.2) is 12.7 Å². The second-order valence-corrected chi connectivity index (χ2v) is 5.84. The molecule has 1 heteroatoms. The highest BCUT2D eigenvalue weighted by Crippen LogP contribution is 2.13. The lowest BCUT2D eigenvalue weighted by molar-refractivity contribution is 0.152. The maximum absolute atomic E-state index is 9.68. The van der Waals surface area contributed by atoms with E-state index in [1.165, 1.54) is 70.6 Å². The molecule has 1 N–H and O–H groups in total. The lowest BCUT2D eigenvalue weighted by atomic mass is 10.0. The molecule has 0 rings (SSSR count). The standard InChI is InChI=1S/C18H36O/c1-3-5-7-8-9-10-11-12-13-14-15-17-18(19)16-6-4-2/h4,18-19H,2-3,5-17H2,1H3. The summed E-state index contributed by atoms with van der Waals surface area (Å²) in [5, 5.41) is 9.68. The van der Waals surface area contributed by atoms with Gasteiger partial charge >= 0.3 is 0 Å². The summed E-state index contributed by atoms with van der Waals surface area (Å²) in [7, 11) is 0. The Labute approximate surface area is 121 Å². The second kappa shape index (κ2) is 15.8. The first-order chi connectivity index (χ1) is 9.31. The fourth-order valence-electron chi connectivity index (χ4n) is 2.50. The average molecular weight is 268 g/mol. The third-order valence-corrected chi connectivity index (χ3v) is 3.84. The maximum atomic E-state index is 9.68. The minimum atomic E-state index is -0.100. The number of unbranched alkanes of at least 4 members (excludes halogenated alkanes) is 10. The highest BCUT2D eigenvalue weighted by atomic mass is 16.3. The molecule has 0 amide bonds. The van der Waals surface area contributed by atoms with Crippen LogP contribution >= 0.6 is 0 Å². The Morgan fingerprint density at radius 3 is 1.74 bits per heavy atom. The van der Waals surface area contributed by atoms with Crippen LogP contribution in [0.1, 0.15) is 96.8 Å². The molecule has 19 heavy (non-hydrogen) atoms. The Morgan fingerprint density at radius 1 is 0.789 bits per heavy atom. The first-order valence-corrected chi connectivity index (χ1v) is 8.60. The molecule has 0 saturated carbocycles. The Morgan fingerprint density at radius 2 is 1.26 bits per heavy atom. The first kappa shape index (κ1) is 18.7. The SMILES string of the molecule is C=CCCC(O)CCCCCCCCCCCCC. The highest BCUT2D eigenvalue weighted by molar-refractivity contribution is 4.69. The minimum absolute atomic E-state index is 0.100. The Bertz CT molecular complexity index is 177. The zero-order valence-corrected chi connectivity index (χ0v) is 13.2. The van der Waals surface area contributed by atoms with Crippen molar-refractivity contribution in [1.29, 1.82) is 0 Å². The summed E-state index contributed by atoms with van der Waals surface area (Å²) in [6.07, 6.45) is 19.7. The molecular weight excluding hydrogens is 232 g/mol. The summed E-state index contributed by atoms with van der Waals surface area (Å²) < 4.78 is 0. The molecule has 1 unspecified atom stereocenters. The van der Waals surface area contributed by atoms with E-state index in [1.54, 1.807) is 0 Å². The van der Waals surface area contributed by atoms with Crippen LogP contribution < -0.4 is 0 Å². The molecule has 0 fully saturated rings. The molecule has 0 aromatic heterocycles. The van der Waals surface area contributed by atoms with Gasteiger partial charge in [0.05, 0.1) is 6.10 Å². The van der Waals surface area contributed by atoms with Gasteiger partial charge in [-0.3, -0.25) is 0 Å². The van der Waals surface area contributed by atoms with Crippen molar-refractivity contribution in [3.63, 3.8) is 0 Å². The van der Waals surface area contributed by atoms with Gasteiger partial charge in [0.1, 0.15) is 0 Å². The summed E-state index contributed by atoms with van der Waals surface area (Å²) in [6.45, 7) is 5.96. The van der Waals surface area contributed by atoms with Gasteiger partial charge in [-0.15, -0.1) is 6.58 Å². The van der Waals surface area contributed by atoms with Crippen molar-refractivity contribution in [3.05, 3.63) is 12.7 Å². The predicted octanol–water partition coefficient (Wildman–Crippen LogP) is 6.01. The first-order valence-electron chi connectivity index (χ1n) is 8.60. The van der Waals surface area contributed by atoms with Gasteiger partial charge in [0, 0.05) is 0 Å². The van der Waals surface area contributed by atoms with E-state index >= 15 is 0 Å². The fraction of sp³-hybridized carbons (Fsp3) is 0.889. The van der Waals surface area contributed by atoms with E-state index in [1.807, 2.05) is 6.08 Å². The van der Waals surface area contributed by atoms with Gasteiger partial charge in [-0.2, -0.15) is 0 Å². The summed E-state index contributed by atoms with van der Waals surface area (Å²) in [5.74, 6) is 0. The molecular formula is C18H36O. The molecule has 0 spiro atoms. The van der Waals surface area contributed by atoms with Crippen LogP contribution in [0.3, 0.4) is 0 Å². The van der Waals surface area contributed by atoms with Crippen molar-refractivity contribution in [2.45, 2.75) is 103 Å². The van der Waals surface area contributed by atoms with Gasteiger partial charge in [0.2, 0.25) is 0 Å². The van der Waals surface area contributed by atoms with Crippen molar-refractivity contribution < 1.29 is 5.11 Å². The molecule has 0 aliphatic heterocycles. The van der Waals surface area contributed by atoms with Crippen molar-refractivity contribution in [2.75, 3.05) is 0 Å². The lowest BCUT2D eigenvalue weighted by Gasteiger charge is -2.08. The summed E-state index contributed by atoms with van der Waals surface area (Å²) in [4.78, 5) is 0. The van der Waals surface area contributed by atoms with Gasteiger partial charge in [-0.25, -0.2) is 0 Å². The second-order valence-electron chi connectivity index (χ2n) is 5.84. The number of aliphatic hydroxyl groups excluding tert-OH is 1. The number of hydrogen-bond acceptors (Lipinski definition) is 1. The number of hydrogen-bond donors (Lipinski definition) is 1. The van der Waals surface area contributed by atoms with E-state index in [2.05, 4.69) is 13.5 Å². The van der Waals surface area contributed by atoms with Crippen LogP contribution in [0, 0.1) is 0 Å². The van der Waals surface area contributed by atoms with Crippen LogP contribution in [0.2, 0.25) is 0 Å². The van der Waals surface area contributed by atoms with Crippen LogP contribution in [-0.2, 0) is 0 Å². The normalized spacial score (nSPS) is 12.5. The molecule has 0 bridgehead atoms. The molecule has 1 nitrogen and oxygen atoms in total. The predicted molar refractivity (Wildman–Crippen MR) is 86.5 cm³/mol. The topological polar surface area (TPSA) is 20.2 Å². The van der Waals surface area contributed by atoms with E-state index in [-0.39, 0.29) is 6.10 Å². The van der Waals surface area contributed by atoms with Gasteiger partial charge in [0.25, 0.3) is 0 Å². The summed E-state index contributed by atoms with van der Waals surface area (Å²) >= 11 is 0. The zero-order chi connectivity index (χ0) is 14.2. The van der Waals surface area contributed by atoms with Crippen LogP contribution in [-0.4, -0.2) is 11.2 Å². The quantitative estimate of drug-likeness (QED) is 0.284. The van der Waals surface area contributed by atoms with Crippen molar-refractivity contribution in [1.82, 2.24) is 0 Å². The molecule has 0 aliphatic carbocycles. The van der Waals surface area contributed by atoms with E-state index in [9.17, 15) is 5.11 Å². The van der Waals surface area contributed by atoms with Gasteiger partial charge in [0.15, 0.2) is 0 Å². The highest BCUT2D eigenvalue weighted by Gasteiger charge is 2.01. The molecule has 1 atom stereocenters. The number of aliphatic hydroxyl groups is 1. The molecule has 0 aromatic rings. The summed E-state index contributed by atoms with van der Waals surface area (Å²) in [5.41, 5.74) is 0. The van der Waals surface area contributed by atoms with Crippen molar-refractivity contribution in [3.8, 4) is 0 Å². The molecule has 0 aromatic carbocycles. The van der Waals surface area contributed by atoms with Crippen molar-refractivity contribution >= 4 is 0 Å². The monoisotopic (exact) mass is 268 g/mol. The Hall–Kier alpha value is -0.300. The average Bonchev–Trinajstić information content (AvgIpc) is 2.42. The maximum Gasteiger partial charge on any atom is 0.0543 e. The van der Waals surface area contributed by atoms with Crippen molar-refractivity contribution in [2.24, 2.45) is 0 Å². The Kier molecular flexibility index (Phi) is 15.5. The summed E-state index contributed by atoms with van der Waals surface area (Å²) in [6, 6.07) is 0. The van der Waals surface area contributed by atoms with Gasteiger partial charge in [-0.05, 0) is 19.3 Å². The molecule has 0 saturated heterocycles. The van der Waals surface area contributed by atoms with Gasteiger partial charge in [-0.1, -0.05) is 83.6 Å². The lowest BCUT2D eigenvalue weighted by Crippen LogP contribution is -2.05. The van der Waals surface area contributed by atoms with Crippen LogP contribution in [0.5, 0.6) is 0 Å². The van der Waals surface area contributed by atoms with Gasteiger partial charge < -0.3 is 5.11 Å². The van der Waals surface area contributed by atoms with E-state index < -0.39 is 0 Å². The van der Waals surface area contributed by atoms with E-state index in [0.29, 0.717) is 0 Å². The zero-order valence-electron chi connectivity index (χ0n) is 13.2. The van der Waals surface area contributed by atoms with E-state index in [4.69, 9.17) is 0 Å². The number of rotatable bonds is 15. The largest absolute Gasteiger partial charge is 0.393 e. The molecule has 0 radical (unpaired) electrons. The molecule has 0 aliphatic rings. The van der Waals surface area contributed by atoms with Crippen LogP contribution in [0.25, 0.3) is 0 Å².